The van der Waals surface area contributed by atoms with Gasteiger partial charge in [0.15, 0.2) is 6.61 Å². The van der Waals surface area contributed by atoms with Crippen LogP contribution in [0.1, 0.15) is 24.0 Å². The zero-order valence-electron chi connectivity index (χ0n) is 14.0. The molecular formula is C17H18F3NO5. The Morgan fingerprint density at radius 1 is 1.23 bits per heavy atom. The number of hydrogen-bond donors (Lipinski definition) is 1. The molecule has 0 saturated heterocycles. The van der Waals surface area contributed by atoms with Gasteiger partial charge in [-0.15, -0.1) is 0 Å². The minimum Gasteiger partial charge on any atom is -0.469 e. The molecule has 0 radical (unpaired) electrons. The average Bonchev–Trinajstić information content (AvgIpc) is 2.61. The second-order valence-corrected chi connectivity index (χ2v) is 5.09. The number of methoxy groups -OCH3 is 1. The van der Waals surface area contributed by atoms with Gasteiger partial charge in [0.05, 0.1) is 12.7 Å². The van der Waals surface area contributed by atoms with Crippen LogP contribution in [-0.4, -0.2) is 38.1 Å². The van der Waals surface area contributed by atoms with Crippen molar-refractivity contribution in [2.75, 3.05) is 20.3 Å². The molecule has 0 bridgehead atoms. The molecule has 1 amide bonds. The van der Waals surface area contributed by atoms with Crippen molar-refractivity contribution in [2.24, 2.45) is 0 Å². The minimum absolute atomic E-state index is 0.149. The van der Waals surface area contributed by atoms with E-state index >= 15 is 0 Å². The number of benzene rings is 1. The van der Waals surface area contributed by atoms with Crippen molar-refractivity contribution in [3.05, 3.63) is 41.5 Å². The number of carbonyl (C=O) groups excluding carboxylic acids is 3. The summed E-state index contributed by atoms with van der Waals surface area (Å²) in [5.41, 5.74) is -0.664. The predicted octanol–water partition coefficient (Wildman–Crippen LogP) is 2.33. The molecule has 0 unspecified atom stereocenters. The third-order valence-electron chi connectivity index (χ3n) is 3.08. The Hall–Kier alpha value is -2.84. The molecule has 1 N–H and O–H groups in total. The lowest BCUT2D eigenvalue weighted by atomic mass is 10.1. The van der Waals surface area contributed by atoms with E-state index in [0.29, 0.717) is 6.42 Å². The zero-order valence-corrected chi connectivity index (χ0v) is 14.0. The second-order valence-electron chi connectivity index (χ2n) is 5.09. The van der Waals surface area contributed by atoms with Gasteiger partial charge in [0.1, 0.15) is 0 Å². The van der Waals surface area contributed by atoms with Gasteiger partial charge in [0.25, 0.3) is 5.91 Å². The summed E-state index contributed by atoms with van der Waals surface area (Å²) >= 11 is 0. The maximum atomic E-state index is 12.6. The summed E-state index contributed by atoms with van der Waals surface area (Å²) in [5, 5.41) is 2.44. The summed E-state index contributed by atoms with van der Waals surface area (Å²) in [4.78, 5) is 33.8. The molecule has 1 rings (SSSR count). The van der Waals surface area contributed by atoms with Crippen molar-refractivity contribution in [3.8, 4) is 0 Å². The van der Waals surface area contributed by atoms with Gasteiger partial charge >= 0.3 is 18.1 Å². The van der Waals surface area contributed by atoms with Crippen molar-refractivity contribution in [1.82, 2.24) is 5.32 Å². The SMILES string of the molecule is COC(=O)CCCNC(=O)COC(=O)/C=C/c1cccc(C(F)(F)F)c1. The highest BCUT2D eigenvalue weighted by Gasteiger charge is 2.30. The number of nitrogens with one attached hydrogen (secondary N) is 1. The number of ether oxygens (including phenoxy) is 2. The predicted molar refractivity (Wildman–Crippen MR) is 85.7 cm³/mol. The molecule has 0 aromatic heterocycles. The van der Waals surface area contributed by atoms with Gasteiger partial charge in [-0.2, -0.15) is 13.2 Å². The fraction of sp³-hybridized carbons (Fsp3) is 0.353. The Labute approximate surface area is 148 Å². The first kappa shape index (κ1) is 21.2. The molecule has 0 aliphatic rings. The molecule has 0 aliphatic carbocycles. The third-order valence-corrected chi connectivity index (χ3v) is 3.08. The summed E-state index contributed by atoms with van der Waals surface area (Å²) in [6.07, 6.45) is -1.86. The average molecular weight is 373 g/mol. The molecule has 0 spiro atoms. The minimum atomic E-state index is -4.48. The van der Waals surface area contributed by atoms with Crippen LogP contribution in [0.2, 0.25) is 0 Å². The van der Waals surface area contributed by atoms with Gasteiger partial charge in [-0.1, -0.05) is 12.1 Å². The fourth-order valence-electron chi connectivity index (χ4n) is 1.78. The largest absolute Gasteiger partial charge is 0.469 e. The van der Waals surface area contributed by atoms with Gasteiger partial charge in [0.2, 0.25) is 0 Å². The maximum Gasteiger partial charge on any atom is 0.416 e. The summed E-state index contributed by atoms with van der Waals surface area (Å²) in [5.74, 6) is -1.83. The fourth-order valence-corrected chi connectivity index (χ4v) is 1.78. The van der Waals surface area contributed by atoms with Gasteiger partial charge in [-0.05, 0) is 30.2 Å². The Morgan fingerprint density at radius 2 is 1.96 bits per heavy atom. The molecule has 1 aromatic carbocycles. The monoisotopic (exact) mass is 373 g/mol. The van der Waals surface area contributed by atoms with Crippen LogP contribution < -0.4 is 5.32 Å². The molecule has 0 atom stereocenters. The van der Waals surface area contributed by atoms with Crippen molar-refractivity contribution in [2.45, 2.75) is 19.0 Å². The first-order chi connectivity index (χ1) is 12.2. The van der Waals surface area contributed by atoms with E-state index in [4.69, 9.17) is 0 Å². The maximum absolute atomic E-state index is 12.6. The molecule has 6 nitrogen and oxygen atoms in total. The summed E-state index contributed by atoms with van der Waals surface area (Å²) in [7, 11) is 1.26. The lowest BCUT2D eigenvalue weighted by molar-refractivity contribution is -0.143. The van der Waals surface area contributed by atoms with Gasteiger partial charge in [0, 0.05) is 19.0 Å². The van der Waals surface area contributed by atoms with Crippen molar-refractivity contribution >= 4 is 23.9 Å². The highest BCUT2D eigenvalue weighted by molar-refractivity contribution is 5.89. The van der Waals surface area contributed by atoms with Crippen LogP contribution in [0.5, 0.6) is 0 Å². The number of esters is 2. The van der Waals surface area contributed by atoms with Crippen LogP contribution in [-0.2, 0) is 30.0 Å². The van der Waals surface area contributed by atoms with Crippen LogP contribution in [0.3, 0.4) is 0 Å². The Morgan fingerprint density at radius 3 is 2.62 bits per heavy atom. The van der Waals surface area contributed by atoms with E-state index in [2.05, 4.69) is 14.8 Å². The van der Waals surface area contributed by atoms with E-state index in [0.717, 1.165) is 24.3 Å². The normalized spacial score (nSPS) is 11.2. The number of rotatable bonds is 8. The number of alkyl halides is 3. The van der Waals surface area contributed by atoms with Crippen LogP contribution in [0.15, 0.2) is 30.3 Å². The second kappa shape index (κ2) is 10.2. The zero-order chi connectivity index (χ0) is 19.6. The quantitative estimate of drug-likeness (QED) is 0.430. The summed E-state index contributed by atoms with van der Waals surface area (Å²) in [6.45, 7) is -0.324. The first-order valence-corrected chi connectivity index (χ1v) is 7.58. The first-order valence-electron chi connectivity index (χ1n) is 7.58. The number of carbonyl (C=O) groups is 3. The summed E-state index contributed by atoms with van der Waals surface area (Å²) in [6, 6.07) is 4.42. The Bertz CT molecular complexity index is 671. The molecular weight excluding hydrogens is 355 g/mol. The van der Waals surface area contributed by atoms with Gasteiger partial charge in [-0.3, -0.25) is 9.59 Å². The number of amides is 1. The third kappa shape index (κ3) is 8.32. The van der Waals surface area contributed by atoms with E-state index in [-0.39, 0.29) is 18.5 Å². The highest BCUT2D eigenvalue weighted by Crippen LogP contribution is 2.29. The highest BCUT2D eigenvalue weighted by atomic mass is 19.4. The number of hydrogen-bond acceptors (Lipinski definition) is 5. The van der Waals surface area contributed by atoms with E-state index in [1.807, 2.05) is 0 Å². The Balaban J connectivity index is 2.37. The van der Waals surface area contributed by atoms with E-state index in [1.54, 1.807) is 0 Å². The molecule has 9 heteroatoms. The smallest absolute Gasteiger partial charge is 0.416 e. The molecule has 0 fully saturated rings. The van der Waals surface area contributed by atoms with Crippen LogP contribution >= 0.6 is 0 Å². The molecule has 0 saturated carbocycles. The lowest BCUT2D eigenvalue weighted by Crippen LogP contribution is -2.29. The number of halogens is 3. The summed E-state index contributed by atoms with van der Waals surface area (Å²) < 4.78 is 46.9. The Kier molecular flexibility index (Phi) is 8.33. The molecule has 1 aromatic rings. The molecule has 26 heavy (non-hydrogen) atoms. The van der Waals surface area contributed by atoms with Crippen LogP contribution in [0.4, 0.5) is 13.2 Å². The van der Waals surface area contributed by atoms with E-state index < -0.39 is 36.2 Å². The van der Waals surface area contributed by atoms with E-state index in [9.17, 15) is 27.6 Å². The lowest BCUT2D eigenvalue weighted by Gasteiger charge is -2.06. The van der Waals surface area contributed by atoms with E-state index in [1.165, 1.54) is 19.2 Å². The van der Waals surface area contributed by atoms with Gasteiger partial charge < -0.3 is 14.8 Å². The topological polar surface area (TPSA) is 81.7 Å². The van der Waals surface area contributed by atoms with Gasteiger partial charge in [-0.25, -0.2) is 4.79 Å². The van der Waals surface area contributed by atoms with Crippen molar-refractivity contribution < 1.29 is 37.0 Å². The van der Waals surface area contributed by atoms with Crippen molar-refractivity contribution in [3.63, 3.8) is 0 Å². The molecule has 0 heterocycles. The van der Waals surface area contributed by atoms with Crippen LogP contribution in [0.25, 0.3) is 6.08 Å². The molecule has 142 valence electrons. The van der Waals surface area contributed by atoms with Crippen LogP contribution in [0, 0.1) is 0 Å². The standard InChI is InChI=1S/C17H18F3NO5/c1-25-15(23)6-3-9-21-14(22)11-26-16(24)8-7-12-4-2-5-13(10-12)17(18,19)20/h2,4-5,7-8,10H,3,6,9,11H2,1H3,(H,21,22)/b8-7+. The molecule has 0 aliphatic heterocycles. The van der Waals surface area contributed by atoms with Crippen molar-refractivity contribution in [1.29, 1.82) is 0 Å².